The minimum Gasteiger partial charge on any atom is -0.496 e. The van der Waals surface area contributed by atoms with Crippen LogP contribution in [0.2, 0.25) is 0 Å². The van der Waals surface area contributed by atoms with Crippen LogP contribution in [0.25, 0.3) is 0 Å². The predicted molar refractivity (Wildman–Crippen MR) is 63.4 cm³/mol. The summed E-state index contributed by atoms with van der Waals surface area (Å²) < 4.78 is 5.88. The number of halogens is 2. The molecule has 1 rings (SSSR count). The van der Waals surface area contributed by atoms with Crippen LogP contribution in [0.4, 0.5) is 0 Å². The molecule has 1 aromatic rings. The van der Waals surface area contributed by atoms with Crippen molar-refractivity contribution in [1.29, 1.82) is 0 Å². The maximum Gasteiger partial charge on any atom is 0.181 e. The lowest BCUT2D eigenvalue weighted by molar-refractivity contribution is 0.0992. The van der Waals surface area contributed by atoms with Crippen LogP contribution in [0.1, 0.15) is 17.3 Å². The Labute approximate surface area is 99.9 Å². The van der Waals surface area contributed by atoms with Crippen molar-refractivity contribution in [3.8, 4) is 5.75 Å². The van der Waals surface area contributed by atoms with E-state index >= 15 is 0 Å². The van der Waals surface area contributed by atoms with Crippen LogP contribution in [-0.2, 0) is 0 Å². The van der Waals surface area contributed by atoms with E-state index in [1.807, 2.05) is 12.1 Å². The number of ether oxygens (including phenoxy) is 1. The van der Waals surface area contributed by atoms with Gasteiger partial charge >= 0.3 is 0 Å². The van der Waals surface area contributed by atoms with Gasteiger partial charge in [-0.05, 0) is 35.0 Å². The first-order chi connectivity index (χ1) is 6.57. The Morgan fingerprint density at radius 1 is 1.50 bits per heavy atom. The van der Waals surface area contributed by atoms with Crippen LogP contribution in [0, 0.1) is 0 Å². The Balaban J connectivity index is 3.23. The van der Waals surface area contributed by atoms with Crippen LogP contribution in [0.15, 0.2) is 22.7 Å². The maximum atomic E-state index is 11.8. The standard InChI is InChI=1S/C10H10Br2O2/c1-6(11)10(13)9-7(12)4-3-5-8(9)14-2/h3-6H,1-2H3. The van der Waals surface area contributed by atoms with E-state index in [9.17, 15) is 4.79 Å². The largest absolute Gasteiger partial charge is 0.496 e. The zero-order valence-electron chi connectivity index (χ0n) is 7.88. The van der Waals surface area contributed by atoms with Gasteiger partial charge in [0.25, 0.3) is 0 Å². The molecule has 0 amide bonds. The molecule has 0 aromatic heterocycles. The summed E-state index contributed by atoms with van der Waals surface area (Å²) in [6.45, 7) is 1.79. The number of alkyl halides is 1. The average Bonchev–Trinajstić information content (AvgIpc) is 2.16. The zero-order valence-corrected chi connectivity index (χ0v) is 11.1. The topological polar surface area (TPSA) is 26.3 Å². The van der Waals surface area contributed by atoms with Crippen molar-refractivity contribution in [2.24, 2.45) is 0 Å². The summed E-state index contributed by atoms with van der Waals surface area (Å²) in [6.07, 6.45) is 0. The van der Waals surface area contributed by atoms with E-state index in [0.29, 0.717) is 11.3 Å². The monoisotopic (exact) mass is 320 g/mol. The Hall–Kier alpha value is -0.350. The lowest BCUT2D eigenvalue weighted by Gasteiger charge is -2.10. The highest BCUT2D eigenvalue weighted by Crippen LogP contribution is 2.28. The van der Waals surface area contributed by atoms with E-state index in [2.05, 4.69) is 31.9 Å². The number of carbonyl (C=O) groups is 1. The number of benzene rings is 1. The van der Waals surface area contributed by atoms with Crippen molar-refractivity contribution in [3.05, 3.63) is 28.2 Å². The molecule has 0 fully saturated rings. The second-order valence-corrected chi connectivity index (χ2v) is 5.03. The number of hydrogen-bond donors (Lipinski definition) is 0. The van der Waals surface area contributed by atoms with Gasteiger partial charge < -0.3 is 4.74 Å². The Morgan fingerprint density at radius 3 is 2.64 bits per heavy atom. The third-order valence-corrected chi connectivity index (χ3v) is 2.88. The van der Waals surface area contributed by atoms with Crippen molar-refractivity contribution < 1.29 is 9.53 Å². The second-order valence-electron chi connectivity index (χ2n) is 2.80. The molecular weight excluding hydrogens is 312 g/mol. The minimum absolute atomic E-state index is 0.00863. The Morgan fingerprint density at radius 2 is 2.14 bits per heavy atom. The van der Waals surface area contributed by atoms with Gasteiger partial charge in [0.1, 0.15) is 5.75 Å². The molecule has 0 aliphatic carbocycles. The van der Waals surface area contributed by atoms with E-state index in [1.54, 1.807) is 20.1 Å². The van der Waals surface area contributed by atoms with Gasteiger partial charge in [0.15, 0.2) is 5.78 Å². The molecule has 0 aliphatic rings. The van der Waals surface area contributed by atoms with E-state index in [4.69, 9.17) is 4.74 Å². The SMILES string of the molecule is COc1cccc(Br)c1C(=O)C(C)Br. The fourth-order valence-corrected chi connectivity index (χ4v) is 1.88. The number of carbonyl (C=O) groups excluding carboxylic acids is 1. The third kappa shape index (κ3) is 2.36. The summed E-state index contributed by atoms with van der Waals surface area (Å²) in [4.78, 5) is 11.6. The number of hydrogen-bond acceptors (Lipinski definition) is 2. The molecule has 4 heteroatoms. The summed E-state index contributed by atoms with van der Waals surface area (Å²) in [5.74, 6) is 0.602. The van der Waals surface area contributed by atoms with Gasteiger partial charge in [-0.25, -0.2) is 0 Å². The molecule has 14 heavy (non-hydrogen) atoms. The normalized spacial score (nSPS) is 12.3. The number of ketones is 1. The number of methoxy groups -OCH3 is 1. The van der Waals surface area contributed by atoms with Gasteiger partial charge in [0.2, 0.25) is 0 Å². The molecule has 1 atom stereocenters. The predicted octanol–water partition coefficient (Wildman–Crippen LogP) is 3.42. The molecule has 1 aromatic carbocycles. The average molecular weight is 322 g/mol. The fraction of sp³-hybridized carbons (Fsp3) is 0.300. The lowest BCUT2D eigenvalue weighted by atomic mass is 10.1. The first-order valence-corrected chi connectivity index (χ1v) is 5.79. The summed E-state index contributed by atoms with van der Waals surface area (Å²) in [5, 5.41) is 0. The van der Waals surface area contributed by atoms with Gasteiger partial charge in [-0.1, -0.05) is 22.0 Å². The van der Waals surface area contributed by atoms with Crippen LogP contribution >= 0.6 is 31.9 Å². The smallest absolute Gasteiger partial charge is 0.181 e. The summed E-state index contributed by atoms with van der Waals surface area (Å²) in [6, 6.07) is 5.43. The number of rotatable bonds is 3. The summed E-state index contributed by atoms with van der Waals surface area (Å²) >= 11 is 6.58. The second kappa shape index (κ2) is 4.94. The minimum atomic E-state index is -0.213. The van der Waals surface area contributed by atoms with Crippen LogP contribution < -0.4 is 4.74 Å². The van der Waals surface area contributed by atoms with Gasteiger partial charge in [0.05, 0.1) is 17.5 Å². The van der Waals surface area contributed by atoms with Crippen molar-refractivity contribution in [3.63, 3.8) is 0 Å². The first-order valence-electron chi connectivity index (χ1n) is 4.08. The van der Waals surface area contributed by atoms with E-state index in [-0.39, 0.29) is 10.6 Å². The van der Waals surface area contributed by atoms with Crippen LogP contribution in [0.3, 0.4) is 0 Å². The molecule has 76 valence electrons. The summed E-state index contributed by atoms with van der Waals surface area (Å²) in [7, 11) is 1.55. The molecule has 1 unspecified atom stereocenters. The fourth-order valence-electron chi connectivity index (χ4n) is 1.11. The zero-order chi connectivity index (χ0) is 10.7. The van der Waals surface area contributed by atoms with E-state index in [0.717, 1.165) is 4.47 Å². The molecule has 0 heterocycles. The molecular formula is C10H10Br2O2. The third-order valence-electron chi connectivity index (χ3n) is 1.80. The highest BCUT2D eigenvalue weighted by atomic mass is 79.9. The van der Waals surface area contributed by atoms with E-state index < -0.39 is 0 Å². The van der Waals surface area contributed by atoms with Crippen molar-refractivity contribution in [2.45, 2.75) is 11.8 Å². The first kappa shape index (κ1) is 11.7. The molecule has 0 saturated carbocycles. The Bertz CT molecular complexity index is 348. The van der Waals surface area contributed by atoms with Crippen molar-refractivity contribution >= 4 is 37.6 Å². The lowest BCUT2D eigenvalue weighted by Crippen LogP contribution is -2.12. The van der Waals surface area contributed by atoms with Gasteiger partial charge in [-0.2, -0.15) is 0 Å². The van der Waals surface area contributed by atoms with Crippen LogP contribution in [0.5, 0.6) is 5.75 Å². The van der Waals surface area contributed by atoms with Gasteiger partial charge in [-0.3, -0.25) is 4.79 Å². The quantitative estimate of drug-likeness (QED) is 0.630. The highest BCUT2D eigenvalue weighted by molar-refractivity contribution is 9.10. The van der Waals surface area contributed by atoms with Crippen molar-refractivity contribution in [1.82, 2.24) is 0 Å². The van der Waals surface area contributed by atoms with Crippen LogP contribution in [-0.4, -0.2) is 17.7 Å². The molecule has 0 N–H and O–H groups in total. The van der Waals surface area contributed by atoms with Crippen molar-refractivity contribution in [2.75, 3.05) is 7.11 Å². The molecule has 2 nitrogen and oxygen atoms in total. The van der Waals surface area contributed by atoms with Gasteiger partial charge in [0, 0.05) is 4.47 Å². The molecule has 0 saturated heterocycles. The Kier molecular flexibility index (Phi) is 4.13. The maximum absolute atomic E-state index is 11.8. The molecule has 0 aliphatic heterocycles. The molecule has 0 radical (unpaired) electrons. The highest BCUT2D eigenvalue weighted by Gasteiger charge is 2.19. The molecule has 0 bridgehead atoms. The van der Waals surface area contributed by atoms with E-state index in [1.165, 1.54) is 0 Å². The summed E-state index contributed by atoms with van der Waals surface area (Å²) in [5.41, 5.74) is 0.583. The number of Topliss-reactive ketones (excluding diaryl/α,β-unsaturated/α-hetero) is 1. The van der Waals surface area contributed by atoms with Gasteiger partial charge in [-0.15, -0.1) is 0 Å². The molecule has 0 spiro atoms.